The number of ether oxygens (including phenoxy) is 1. The number of carbonyl (C=O) groups excluding carboxylic acids is 2. The molecule has 0 aliphatic carbocycles. The van der Waals surface area contributed by atoms with Crippen molar-refractivity contribution >= 4 is 29.4 Å². The third kappa shape index (κ3) is 4.29. The van der Waals surface area contributed by atoms with Gasteiger partial charge in [0, 0.05) is 36.8 Å². The second-order valence-electron chi connectivity index (χ2n) is 5.88. The van der Waals surface area contributed by atoms with Crippen LogP contribution in [0, 0.1) is 5.41 Å². The standard InChI is InChI=1S/C20H20N6O3/c1-3-29-20(28)15(12-21)17(22-2)19(27)23-14-9-10-26-16(11-14)24-18(25-26)13-7-5-4-6-8-13/h4-12,21-22H,3H2,1-2H3,(H,23,27)/b17-15+,21-12?. The number of aromatic nitrogens is 3. The van der Waals surface area contributed by atoms with Crippen LogP contribution in [0.4, 0.5) is 5.69 Å². The normalized spacial score (nSPS) is 11.5. The fourth-order valence-electron chi connectivity index (χ4n) is 2.67. The second-order valence-corrected chi connectivity index (χ2v) is 5.88. The maximum Gasteiger partial charge on any atom is 0.342 e. The number of anilines is 1. The van der Waals surface area contributed by atoms with E-state index in [-0.39, 0.29) is 17.9 Å². The van der Waals surface area contributed by atoms with E-state index in [0.29, 0.717) is 17.2 Å². The van der Waals surface area contributed by atoms with Gasteiger partial charge in [0.15, 0.2) is 11.5 Å². The SMILES string of the molecule is CCOC(=O)/C(C=N)=C(/NC)C(=O)Nc1ccn2nc(-c3ccccc3)nc2c1. The molecule has 3 rings (SSSR count). The number of nitrogens with zero attached hydrogens (tertiary/aromatic N) is 3. The van der Waals surface area contributed by atoms with Crippen LogP contribution >= 0.6 is 0 Å². The number of nitrogens with one attached hydrogen (secondary N) is 3. The number of fused-ring (bicyclic) bond motifs is 1. The first-order valence-corrected chi connectivity index (χ1v) is 8.90. The molecule has 0 aliphatic heterocycles. The first-order valence-electron chi connectivity index (χ1n) is 8.90. The number of esters is 1. The third-order valence-corrected chi connectivity index (χ3v) is 4.01. The highest BCUT2D eigenvalue weighted by Gasteiger charge is 2.20. The van der Waals surface area contributed by atoms with Crippen molar-refractivity contribution in [1.29, 1.82) is 5.41 Å². The molecule has 0 unspecified atom stereocenters. The average molecular weight is 392 g/mol. The third-order valence-electron chi connectivity index (χ3n) is 4.01. The van der Waals surface area contributed by atoms with E-state index in [2.05, 4.69) is 20.7 Å². The summed E-state index contributed by atoms with van der Waals surface area (Å²) < 4.78 is 6.50. The van der Waals surface area contributed by atoms with Crippen molar-refractivity contribution in [2.24, 2.45) is 0 Å². The lowest BCUT2D eigenvalue weighted by atomic mass is 10.2. The number of pyridine rings is 1. The molecule has 2 heterocycles. The number of hydrogen-bond acceptors (Lipinski definition) is 7. The number of amides is 1. The fraction of sp³-hybridized carbons (Fsp3) is 0.150. The molecule has 9 heteroatoms. The summed E-state index contributed by atoms with van der Waals surface area (Å²) in [4.78, 5) is 29.1. The summed E-state index contributed by atoms with van der Waals surface area (Å²) in [5, 5.41) is 17.2. The van der Waals surface area contributed by atoms with Gasteiger partial charge < -0.3 is 20.8 Å². The summed E-state index contributed by atoms with van der Waals surface area (Å²) in [5.74, 6) is -0.757. The van der Waals surface area contributed by atoms with Crippen LogP contribution in [0.15, 0.2) is 59.9 Å². The van der Waals surface area contributed by atoms with Crippen LogP contribution in [0.3, 0.4) is 0 Å². The van der Waals surface area contributed by atoms with E-state index in [1.165, 1.54) is 7.05 Å². The van der Waals surface area contributed by atoms with E-state index < -0.39 is 11.9 Å². The van der Waals surface area contributed by atoms with Crippen molar-refractivity contribution in [3.05, 3.63) is 59.9 Å². The molecule has 1 aromatic carbocycles. The highest BCUT2D eigenvalue weighted by molar-refractivity contribution is 6.17. The fourth-order valence-corrected chi connectivity index (χ4v) is 2.67. The monoisotopic (exact) mass is 392 g/mol. The van der Waals surface area contributed by atoms with E-state index in [4.69, 9.17) is 10.1 Å². The van der Waals surface area contributed by atoms with Gasteiger partial charge in [-0.1, -0.05) is 30.3 Å². The lowest BCUT2D eigenvalue weighted by Gasteiger charge is -2.11. The Kier molecular flexibility index (Phi) is 5.98. The molecule has 0 fully saturated rings. The molecule has 0 aliphatic rings. The quantitative estimate of drug-likeness (QED) is 0.321. The molecule has 3 aromatic rings. The predicted octanol–water partition coefficient (Wildman–Crippen LogP) is 2.02. The Balaban J connectivity index is 1.87. The molecule has 9 nitrogen and oxygen atoms in total. The van der Waals surface area contributed by atoms with Gasteiger partial charge in [-0.2, -0.15) is 0 Å². The van der Waals surface area contributed by atoms with Crippen LogP contribution in [0.2, 0.25) is 0 Å². The maximum atomic E-state index is 12.6. The Hall–Kier alpha value is -4.01. The highest BCUT2D eigenvalue weighted by atomic mass is 16.5. The van der Waals surface area contributed by atoms with Crippen molar-refractivity contribution in [1.82, 2.24) is 19.9 Å². The van der Waals surface area contributed by atoms with Crippen LogP contribution in [0.1, 0.15) is 6.92 Å². The van der Waals surface area contributed by atoms with Gasteiger partial charge in [0.25, 0.3) is 5.91 Å². The Morgan fingerprint density at radius 3 is 2.66 bits per heavy atom. The van der Waals surface area contributed by atoms with Gasteiger partial charge >= 0.3 is 5.97 Å². The van der Waals surface area contributed by atoms with Crippen molar-refractivity contribution in [3.8, 4) is 11.4 Å². The minimum atomic E-state index is -0.748. The van der Waals surface area contributed by atoms with E-state index in [9.17, 15) is 9.59 Å². The first kappa shape index (κ1) is 19.7. The summed E-state index contributed by atoms with van der Waals surface area (Å²) in [7, 11) is 1.49. The molecule has 148 valence electrons. The topological polar surface area (TPSA) is 121 Å². The zero-order valence-electron chi connectivity index (χ0n) is 16.0. The van der Waals surface area contributed by atoms with Gasteiger partial charge in [-0.15, -0.1) is 5.10 Å². The molecule has 0 saturated heterocycles. The van der Waals surface area contributed by atoms with Crippen LogP contribution < -0.4 is 10.6 Å². The predicted molar refractivity (Wildman–Crippen MR) is 109 cm³/mol. The summed E-state index contributed by atoms with van der Waals surface area (Å²) in [6.07, 6.45) is 2.47. The number of carbonyl (C=O) groups is 2. The van der Waals surface area contributed by atoms with Crippen LogP contribution in [0.5, 0.6) is 0 Å². The number of likely N-dealkylation sites (N-methyl/N-ethyl adjacent to an activating group) is 1. The van der Waals surface area contributed by atoms with E-state index >= 15 is 0 Å². The summed E-state index contributed by atoms with van der Waals surface area (Å²) >= 11 is 0. The second kappa shape index (κ2) is 8.79. The smallest absolute Gasteiger partial charge is 0.342 e. The van der Waals surface area contributed by atoms with Gasteiger partial charge in [0.2, 0.25) is 0 Å². The van der Waals surface area contributed by atoms with E-state index in [1.807, 2.05) is 30.3 Å². The number of benzene rings is 1. The lowest BCUT2D eigenvalue weighted by molar-refractivity contribution is -0.138. The van der Waals surface area contributed by atoms with E-state index in [1.54, 1.807) is 29.8 Å². The van der Waals surface area contributed by atoms with Gasteiger partial charge in [0.1, 0.15) is 11.3 Å². The molecule has 0 spiro atoms. The molecule has 0 bridgehead atoms. The highest BCUT2D eigenvalue weighted by Crippen LogP contribution is 2.18. The maximum absolute atomic E-state index is 12.6. The van der Waals surface area contributed by atoms with Crippen LogP contribution in [0.25, 0.3) is 17.0 Å². The molecule has 0 radical (unpaired) electrons. The lowest BCUT2D eigenvalue weighted by Crippen LogP contribution is -2.28. The Morgan fingerprint density at radius 2 is 2.00 bits per heavy atom. The first-order chi connectivity index (χ1) is 14.1. The molecule has 0 saturated carbocycles. The zero-order valence-corrected chi connectivity index (χ0v) is 16.0. The Morgan fingerprint density at radius 1 is 1.24 bits per heavy atom. The minimum absolute atomic E-state index is 0.0650. The van der Waals surface area contributed by atoms with Crippen molar-refractivity contribution in [2.45, 2.75) is 6.92 Å². The molecular weight excluding hydrogens is 372 g/mol. The molecular formula is C20H20N6O3. The van der Waals surface area contributed by atoms with Crippen LogP contribution in [-0.4, -0.2) is 46.3 Å². The van der Waals surface area contributed by atoms with Gasteiger partial charge in [0.05, 0.1) is 6.61 Å². The Labute approximate surface area is 166 Å². The van der Waals surface area contributed by atoms with Gasteiger partial charge in [-0.3, -0.25) is 4.79 Å². The summed E-state index contributed by atoms with van der Waals surface area (Å²) in [5.41, 5.74) is 1.67. The number of hydrogen-bond donors (Lipinski definition) is 3. The molecule has 3 N–H and O–H groups in total. The summed E-state index contributed by atoms with van der Waals surface area (Å²) in [6, 6.07) is 12.9. The van der Waals surface area contributed by atoms with Gasteiger partial charge in [-0.25, -0.2) is 14.3 Å². The molecule has 0 atom stereocenters. The summed E-state index contributed by atoms with van der Waals surface area (Å²) in [6.45, 7) is 1.79. The van der Waals surface area contributed by atoms with Crippen molar-refractivity contribution in [2.75, 3.05) is 19.0 Å². The van der Waals surface area contributed by atoms with Crippen molar-refractivity contribution < 1.29 is 14.3 Å². The van der Waals surface area contributed by atoms with Crippen molar-refractivity contribution in [3.63, 3.8) is 0 Å². The number of rotatable bonds is 7. The average Bonchev–Trinajstić information content (AvgIpc) is 3.16. The van der Waals surface area contributed by atoms with Gasteiger partial charge in [-0.05, 0) is 13.0 Å². The zero-order chi connectivity index (χ0) is 20.8. The largest absolute Gasteiger partial charge is 0.462 e. The van der Waals surface area contributed by atoms with Crippen LogP contribution in [-0.2, 0) is 14.3 Å². The van der Waals surface area contributed by atoms with E-state index in [0.717, 1.165) is 11.8 Å². The minimum Gasteiger partial charge on any atom is -0.462 e. The molecule has 2 aromatic heterocycles. The Bertz CT molecular complexity index is 1090. The molecule has 1 amide bonds. The molecule has 29 heavy (non-hydrogen) atoms.